The van der Waals surface area contributed by atoms with Crippen LogP contribution >= 0.6 is 0 Å². The molecular weight excluding hydrogens is 262 g/mol. The normalized spacial score (nSPS) is 24.4. The molecule has 0 saturated heterocycles. The minimum atomic E-state index is 0.216. The number of tetrazole rings is 1. The van der Waals surface area contributed by atoms with Crippen LogP contribution in [-0.2, 0) is 6.54 Å². The molecule has 5 nitrogen and oxygen atoms in total. The van der Waals surface area contributed by atoms with E-state index >= 15 is 0 Å². The van der Waals surface area contributed by atoms with Crippen LogP contribution in [0.1, 0.15) is 71.7 Å². The minimum absolute atomic E-state index is 0.216. The summed E-state index contributed by atoms with van der Waals surface area (Å²) in [5.41, 5.74) is 0. The smallest absolute Gasteiger partial charge is 0.167 e. The monoisotopic (exact) mass is 293 g/mol. The summed E-state index contributed by atoms with van der Waals surface area (Å²) in [7, 11) is 0. The van der Waals surface area contributed by atoms with Gasteiger partial charge in [-0.25, -0.2) is 4.68 Å². The summed E-state index contributed by atoms with van der Waals surface area (Å²) in [6, 6.07) is 0.216. The molecule has 1 aliphatic carbocycles. The van der Waals surface area contributed by atoms with Gasteiger partial charge in [-0.2, -0.15) is 0 Å². The summed E-state index contributed by atoms with van der Waals surface area (Å²) >= 11 is 0. The van der Waals surface area contributed by atoms with Crippen molar-refractivity contribution in [1.29, 1.82) is 0 Å². The molecule has 0 amide bonds. The number of nitrogens with one attached hydrogen (secondary N) is 1. The zero-order chi connectivity index (χ0) is 15.2. The molecule has 1 saturated carbocycles. The van der Waals surface area contributed by atoms with Crippen molar-refractivity contribution in [3.05, 3.63) is 5.82 Å². The van der Waals surface area contributed by atoms with Crippen molar-refractivity contribution in [3.63, 3.8) is 0 Å². The highest BCUT2D eigenvalue weighted by atomic mass is 15.5. The van der Waals surface area contributed by atoms with Gasteiger partial charge in [0.25, 0.3) is 0 Å². The third kappa shape index (κ3) is 5.06. The van der Waals surface area contributed by atoms with E-state index in [1.807, 2.05) is 4.68 Å². The van der Waals surface area contributed by atoms with Crippen molar-refractivity contribution in [2.24, 2.45) is 17.8 Å². The molecule has 0 spiro atoms. The van der Waals surface area contributed by atoms with Crippen molar-refractivity contribution in [3.8, 4) is 0 Å². The molecule has 1 unspecified atom stereocenters. The van der Waals surface area contributed by atoms with E-state index in [4.69, 9.17) is 0 Å². The Bertz CT molecular complexity index is 407. The quantitative estimate of drug-likeness (QED) is 0.839. The maximum atomic E-state index is 4.21. The predicted octanol–water partition coefficient (Wildman–Crippen LogP) is 3.20. The van der Waals surface area contributed by atoms with E-state index in [2.05, 4.69) is 48.5 Å². The third-order valence-electron chi connectivity index (χ3n) is 4.66. The second kappa shape index (κ2) is 7.87. The number of aromatic nitrogens is 4. The van der Waals surface area contributed by atoms with E-state index in [-0.39, 0.29) is 6.04 Å². The summed E-state index contributed by atoms with van der Waals surface area (Å²) in [6.07, 6.45) is 6.74. The number of hydrogen-bond donors (Lipinski definition) is 1. The first-order chi connectivity index (χ1) is 10.1. The first kappa shape index (κ1) is 16.4. The Morgan fingerprint density at radius 3 is 2.57 bits per heavy atom. The fourth-order valence-corrected chi connectivity index (χ4v) is 3.11. The summed E-state index contributed by atoms with van der Waals surface area (Å²) < 4.78 is 2.00. The molecule has 21 heavy (non-hydrogen) atoms. The Hall–Kier alpha value is -0.970. The second-order valence-corrected chi connectivity index (χ2v) is 7.20. The lowest BCUT2D eigenvalue weighted by atomic mass is 9.81. The average Bonchev–Trinajstić information content (AvgIpc) is 2.92. The lowest BCUT2D eigenvalue weighted by Crippen LogP contribution is -2.26. The Labute approximate surface area is 128 Å². The van der Waals surface area contributed by atoms with Crippen LogP contribution in [-0.4, -0.2) is 26.8 Å². The number of rotatable bonds is 7. The molecule has 2 rings (SSSR count). The third-order valence-corrected chi connectivity index (χ3v) is 4.66. The maximum absolute atomic E-state index is 4.21. The highest BCUT2D eigenvalue weighted by Crippen LogP contribution is 2.30. The fraction of sp³-hybridized carbons (Fsp3) is 0.938. The molecule has 1 N–H and O–H groups in total. The largest absolute Gasteiger partial charge is 0.307 e. The number of nitrogens with zero attached hydrogens (tertiary/aromatic N) is 4. The molecule has 0 radical (unpaired) electrons. The Morgan fingerprint density at radius 2 is 1.90 bits per heavy atom. The second-order valence-electron chi connectivity index (χ2n) is 7.20. The van der Waals surface area contributed by atoms with E-state index < -0.39 is 0 Å². The average molecular weight is 293 g/mol. The van der Waals surface area contributed by atoms with Gasteiger partial charge in [-0.15, -0.1) is 5.10 Å². The lowest BCUT2D eigenvalue weighted by Gasteiger charge is -2.26. The van der Waals surface area contributed by atoms with E-state index in [1.165, 1.54) is 32.1 Å². The van der Waals surface area contributed by atoms with Crippen LogP contribution in [0.3, 0.4) is 0 Å². The van der Waals surface area contributed by atoms with Gasteiger partial charge in [0.1, 0.15) is 0 Å². The highest BCUT2D eigenvalue weighted by molar-refractivity contribution is 4.89. The molecule has 120 valence electrons. The van der Waals surface area contributed by atoms with Crippen LogP contribution in [0.2, 0.25) is 0 Å². The Morgan fingerprint density at radius 1 is 1.19 bits per heavy atom. The predicted molar refractivity (Wildman–Crippen MR) is 84.8 cm³/mol. The molecular formula is C16H31N5. The number of hydrogen-bond acceptors (Lipinski definition) is 4. The van der Waals surface area contributed by atoms with Gasteiger partial charge in [-0.1, -0.05) is 46.5 Å². The van der Waals surface area contributed by atoms with Gasteiger partial charge >= 0.3 is 0 Å². The van der Waals surface area contributed by atoms with Gasteiger partial charge < -0.3 is 5.32 Å². The van der Waals surface area contributed by atoms with E-state index in [0.717, 1.165) is 30.7 Å². The van der Waals surface area contributed by atoms with Gasteiger partial charge in [0.2, 0.25) is 0 Å². The van der Waals surface area contributed by atoms with Gasteiger partial charge in [0, 0.05) is 6.54 Å². The molecule has 1 heterocycles. The summed E-state index contributed by atoms with van der Waals surface area (Å²) in [5.74, 6) is 3.39. The van der Waals surface area contributed by atoms with Crippen molar-refractivity contribution < 1.29 is 0 Å². The molecule has 0 aliphatic heterocycles. The maximum Gasteiger partial charge on any atom is 0.167 e. The zero-order valence-corrected chi connectivity index (χ0v) is 14.0. The van der Waals surface area contributed by atoms with Crippen molar-refractivity contribution in [2.75, 3.05) is 6.54 Å². The van der Waals surface area contributed by atoms with Crippen LogP contribution in [0.4, 0.5) is 0 Å². The Balaban J connectivity index is 1.82. The molecule has 5 heteroatoms. The molecule has 1 aliphatic rings. The minimum Gasteiger partial charge on any atom is -0.307 e. The fourth-order valence-electron chi connectivity index (χ4n) is 3.11. The Kier molecular flexibility index (Phi) is 6.15. The van der Waals surface area contributed by atoms with Gasteiger partial charge in [-0.05, 0) is 48.1 Å². The van der Waals surface area contributed by atoms with Gasteiger partial charge in [0.15, 0.2) is 5.82 Å². The highest BCUT2D eigenvalue weighted by Gasteiger charge is 2.20. The molecule has 1 aromatic heterocycles. The molecule has 1 aromatic rings. The van der Waals surface area contributed by atoms with Crippen molar-refractivity contribution >= 4 is 0 Å². The van der Waals surface area contributed by atoms with E-state index in [0.29, 0.717) is 5.92 Å². The van der Waals surface area contributed by atoms with Crippen molar-refractivity contribution in [1.82, 2.24) is 25.5 Å². The lowest BCUT2D eigenvalue weighted by molar-refractivity contribution is 0.263. The molecule has 0 aromatic carbocycles. The van der Waals surface area contributed by atoms with E-state index in [9.17, 15) is 0 Å². The van der Waals surface area contributed by atoms with Crippen molar-refractivity contribution in [2.45, 2.75) is 72.4 Å². The first-order valence-electron chi connectivity index (χ1n) is 8.55. The zero-order valence-electron chi connectivity index (χ0n) is 14.0. The topological polar surface area (TPSA) is 55.6 Å². The first-order valence-corrected chi connectivity index (χ1v) is 8.55. The van der Waals surface area contributed by atoms with E-state index in [1.54, 1.807) is 0 Å². The summed E-state index contributed by atoms with van der Waals surface area (Å²) in [5, 5.41) is 15.8. The van der Waals surface area contributed by atoms with Crippen LogP contribution in [0.25, 0.3) is 0 Å². The SMILES string of the molecule is CC(C)CNC(C)c1nnnn1CCC1CCC(C)CC1. The molecule has 1 fully saturated rings. The summed E-state index contributed by atoms with van der Waals surface area (Å²) in [4.78, 5) is 0. The molecule has 0 bridgehead atoms. The van der Waals surface area contributed by atoms with Gasteiger partial charge in [0.05, 0.1) is 6.04 Å². The molecule has 1 atom stereocenters. The summed E-state index contributed by atoms with van der Waals surface area (Å²) in [6.45, 7) is 10.9. The van der Waals surface area contributed by atoms with Crippen LogP contribution < -0.4 is 5.32 Å². The van der Waals surface area contributed by atoms with Crippen LogP contribution in [0, 0.1) is 17.8 Å². The van der Waals surface area contributed by atoms with Gasteiger partial charge in [-0.3, -0.25) is 0 Å². The standard InChI is InChI=1S/C16H31N5/c1-12(2)11-17-14(4)16-18-19-20-21(16)10-9-15-7-5-13(3)6-8-15/h12-15,17H,5-11H2,1-4H3. The number of aryl methyl sites for hydroxylation is 1. The van der Waals surface area contributed by atoms with Crippen LogP contribution in [0.5, 0.6) is 0 Å². The van der Waals surface area contributed by atoms with Crippen LogP contribution in [0.15, 0.2) is 0 Å².